The largest absolute Gasteiger partial charge is 0.464 e. The summed E-state index contributed by atoms with van der Waals surface area (Å²) >= 11 is 0. The summed E-state index contributed by atoms with van der Waals surface area (Å²) in [7, 11) is 0. The van der Waals surface area contributed by atoms with Crippen LogP contribution in [0.15, 0.2) is 67.3 Å². The van der Waals surface area contributed by atoms with Gasteiger partial charge in [-0.1, -0.05) is 62.1 Å². The topological polar surface area (TPSA) is 21.3 Å². The van der Waals surface area contributed by atoms with Crippen molar-refractivity contribution in [2.45, 2.75) is 19.6 Å². The Morgan fingerprint density at radius 3 is 2.62 bits per heavy atom. The summed E-state index contributed by atoms with van der Waals surface area (Å²) in [5.74, 6) is 0.907. The lowest BCUT2D eigenvalue weighted by atomic mass is 10.0. The van der Waals surface area contributed by atoms with E-state index in [9.17, 15) is 0 Å². The quantitative estimate of drug-likeness (QED) is 0.778. The summed E-state index contributed by atoms with van der Waals surface area (Å²) in [5, 5.41) is 3.38. The Labute approximate surface area is 125 Å². The van der Waals surface area contributed by atoms with Gasteiger partial charge in [0.1, 0.15) is 5.75 Å². The summed E-state index contributed by atoms with van der Waals surface area (Å²) < 4.78 is 5.92. The third-order valence-corrected chi connectivity index (χ3v) is 3.61. The Morgan fingerprint density at radius 2 is 1.95 bits per heavy atom. The third kappa shape index (κ3) is 2.70. The van der Waals surface area contributed by atoms with Crippen LogP contribution < -0.4 is 10.1 Å². The van der Waals surface area contributed by atoms with Gasteiger partial charge in [0.25, 0.3) is 0 Å². The first-order valence-electron chi connectivity index (χ1n) is 7.27. The van der Waals surface area contributed by atoms with Gasteiger partial charge in [0.2, 0.25) is 0 Å². The zero-order valence-electron chi connectivity index (χ0n) is 12.2. The van der Waals surface area contributed by atoms with Gasteiger partial charge in [0, 0.05) is 5.56 Å². The molecule has 1 unspecified atom stereocenters. The van der Waals surface area contributed by atoms with Crippen LogP contribution in [0.5, 0.6) is 5.75 Å². The van der Waals surface area contributed by atoms with Crippen LogP contribution in [0.4, 0.5) is 5.69 Å². The first kappa shape index (κ1) is 13.5. The van der Waals surface area contributed by atoms with Gasteiger partial charge in [-0.3, -0.25) is 0 Å². The molecule has 2 nitrogen and oxygen atoms in total. The second kappa shape index (κ2) is 5.88. The summed E-state index contributed by atoms with van der Waals surface area (Å²) in [6, 6.07) is 16.4. The van der Waals surface area contributed by atoms with Gasteiger partial charge in [0.15, 0.2) is 6.23 Å². The fourth-order valence-corrected chi connectivity index (χ4v) is 2.53. The lowest BCUT2D eigenvalue weighted by Crippen LogP contribution is -2.09. The van der Waals surface area contributed by atoms with Crippen molar-refractivity contribution in [2.75, 3.05) is 5.32 Å². The van der Waals surface area contributed by atoms with Gasteiger partial charge < -0.3 is 10.1 Å². The molecule has 1 atom stereocenters. The molecule has 1 N–H and O–H groups in total. The van der Waals surface area contributed by atoms with Crippen molar-refractivity contribution in [3.63, 3.8) is 0 Å². The average Bonchev–Trinajstić information content (AvgIpc) is 2.97. The first-order chi connectivity index (χ1) is 10.3. The molecule has 106 valence electrons. The zero-order valence-corrected chi connectivity index (χ0v) is 12.2. The highest BCUT2D eigenvalue weighted by Gasteiger charge is 2.22. The molecule has 0 bridgehead atoms. The van der Waals surface area contributed by atoms with E-state index in [2.05, 4.69) is 49.2 Å². The Morgan fingerprint density at radius 1 is 1.19 bits per heavy atom. The van der Waals surface area contributed by atoms with Crippen LogP contribution in [-0.2, 0) is 0 Å². The number of hydrogen-bond donors (Lipinski definition) is 1. The molecule has 2 heteroatoms. The summed E-state index contributed by atoms with van der Waals surface area (Å²) in [6.07, 6.45) is 4.98. The van der Waals surface area contributed by atoms with Gasteiger partial charge in [-0.25, -0.2) is 0 Å². The number of rotatable bonds is 4. The Kier molecular flexibility index (Phi) is 3.78. The Balaban J connectivity index is 1.80. The number of para-hydroxylation sites is 2. The molecule has 0 amide bonds. The van der Waals surface area contributed by atoms with E-state index in [1.54, 1.807) is 0 Å². The van der Waals surface area contributed by atoms with Crippen LogP contribution >= 0.6 is 0 Å². The van der Waals surface area contributed by atoms with Gasteiger partial charge in [-0.2, -0.15) is 0 Å². The summed E-state index contributed by atoms with van der Waals surface area (Å²) in [4.78, 5) is 0. The second-order valence-corrected chi connectivity index (χ2v) is 5.03. The molecule has 0 aromatic heterocycles. The fourth-order valence-electron chi connectivity index (χ4n) is 2.53. The molecular formula is C19H19NO. The van der Waals surface area contributed by atoms with E-state index >= 15 is 0 Å². The SMILES string of the molecule is C=C/C(=C\CC)c1ccc(C2Nc3ccccc3O2)cc1. The van der Waals surface area contributed by atoms with Gasteiger partial charge in [-0.05, 0) is 29.7 Å². The van der Waals surface area contributed by atoms with Crippen LogP contribution in [0.1, 0.15) is 30.7 Å². The molecule has 2 aromatic rings. The molecule has 21 heavy (non-hydrogen) atoms. The molecule has 3 rings (SSSR count). The highest BCUT2D eigenvalue weighted by Crippen LogP contribution is 2.37. The molecule has 0 spiro atoms. The third-order valence-electron chi connectivity index (χ3n) is 3.61. The van der Waals surface area contributed by atoms with Crippen molar-refractivity contribution in [3.05, 3.63) is 78.4 Å². The van der Waals surface area contributed by atoms with Crippen molar-refractivity contribution in [2.24, 2.45) is 0 Å². The number of allylic oxidation sites excluding steroid dienone is 3. The van der Waals surface area contributed by atoms with Crippen molar-refractivity contribution >= 4 is 11.3 Å². The molecule has 0 radical (unpaired) electrons. The van der Waals surface area contributed by atoms with Gasteiger partial charge in [0.05, 0.1) is 5.69 Å². The number of anilines is 1. The van der Waals surface area contributed by atoms with Crippen LogP contribution in [0.3, 0.4) is 0 Å². The Hall–Kier alpha value is -2.48. The van der Waals surface area contributed by atoms with Crippen LogP contribution in [0.25, 0.3) is 5.57 Å². The molecule has 0 saturated carbocycles. The van der Waals surface area contributed by atoms with Crippen molar-refractivity contribution in [1.82, 2.24) is 0 Å². The summed E-state index contributed by atoms with van der Waals surface area (Å²) in [5.41, 5.74) is 4.53. The van der Waals surface area contributed by atoms with E-state index in [4.69, 9.17) is 4.74 Å². The maximum absolute atomic E-state index is 5.92. The van der Waals surface area contributed by atoms with Crippen LogP contribution in [0, 0.1) is 0 Å². The maximum atomic E-state index is 5.92. The van der Waals surface area contributed by atoms with Gasteiger partial charge >= 0.3 is 0 Å². The number of hydrogen-bond acceptors (Lipinski definition) is 2. The molecular weight excluding hydrogens is 258 g/mol. The van der Waals surface area contributed by atoms with Crippen molar-refractivity contribution in [3.8, 4) is 5.75 Å². The number of fused-ring (bicyclic) bond motifs is 1. The van der Waals surface area contributed by atoms with E-state index in [1.807, 2.05) is 30.3 Å². The highest BCUT2D eigenvalue weighted by atomic mass is 16.5. The standard InChI is InChI=1S/C19H19NO/c1-3-7-14(4-2)15-10-12-16(13-11-15)19-20-17-8-5-6-9-18(17)21-19/h4-13,19-20H,2-3H2,1H3/b14-7+. The normalized spacial score (nSPS) is 16.8. The minimum absolute atomic E-state index is 0.112. The van der Waals surface area contributed by atoms with E-state index in [0.717, 1.165) is 23.4 Å². The Bertz CT molecular complexity index is 645. The van der Waals surface area contributed by atoms with Gasteiger partial charge in [-0.15, -0.1) is 0 Å². The molecule has 0 aliphatic carbocycles. The fraction of sp³-hybridized carbons (Fsp3) is 0.158. The molecule has 0 saturated heterocycles. The zero-order chi connectivity index (χ0) is 14.7. The minimum Gasteiger partial charge on any atom is -0.464 e. The van der Waals surface area contributed by atoms with E-state index in [0.29, 0.717) is 0 Å². The first-order valence-corrected chi connectivity index (χ1v) is 7.27. The van der Waals surface area contributed by atoms with Crippen LogP contribution in [0.2, 0.25) is 0 Å². The molecule has 1 heterocycles. The minimum atomic E-state index is -0.112. The smallest absolute Gasteiger partial charge is 0.196 e. The molecule has 1 aliphatic rings. The van der Waals surface area contributed by atoms with E-state index < -0.39 is 0 Å². The lowest BCUT2D eigenvalue weighted by molar-refractivity contribution is 0.260. The van der Waals surface area contributed by atoms with E-state index in [-0.39, 0.29) is 6.23 Å². The second-order valence-electron chi connectivity index (χ2n) is 5.03. The predicted octanol–water partition coefficient (Wildman–Crippen LogP) is 5.17. The molecule has 0 fully saturated rings. The van der Waals surface area contributed by atoms with E-state index in [1.165, 1.54) is 11.1 Å². The number of nitrogens with one attached hydrogen (secondary N) is 1. The summed E-state index contributed by atoms with van der Waals surface area (Å²) in [6.45, 7) is 6.01. The van der Waals surface area contributed by atoms with Crippen molar-refractivity contribution < 1.29 is 4.74 Å². The lowest BCUT2D eigenvalue weighted by Gasteiger charge is -2.12. The molecule has 1 aliphatic heterocycles. The highest BCUT2D eigenvalue weighted by molar-refractivity contribution is 5.73. The number of benzene rings is 2. The molecule has 2 aromatic carbocycles. The number of ether oxygens (including phenoxy) is 1. The average molecular weight is 277 g/mol. The maximum Gasteiger partial charge on any atom is 0.196 e. The monoisotopic (exact) mass is 277 g/mol. The van der Waals surface area contributed by atoms with Crippen molar-refractivity contribution in [1.29, 1.82) is 0 Å². The van der Waals surface area contributed by atoms with Crippen LogP contribution in [-0.4, -0.2) is 0 Å². The predicted molar refractivity (Wildman–Crippen MR) is 88.3 cm³/mol.